The summed E-state index contributed by atoms with van der Waals surface area (Å²) < 4.78 is 0. The van der Waals surface area contributed by atoms with Crippen molar-refractivity contribution in [2.24, 2.45) is 4.99 Å². The molecule has 0 spiro atoms. The molecule has 3 rings (SSSR count). The molecule has 1 unspecified atom stereocenters. The highest BCUT2D eigenvalue weighted by molar-refractivity contribution is 14.0. The van der Waals surface area contributed by atoms with Gasteiger partial charge in [0.15, 0.2) is 5.96 Å². The molecular weight excluding hydrogens is 451 g/mol. The molecule has 27 heavy (non-hydrogen) atoms. The average molecular weight is 486 g/mol. The van der Waals surface area contributed by atoms with Crippen LogP contribution in [-0.4, -0.2) is 100 Å². The molecule has 1 atom stereocenters. The van der Waals surface area contributed by atoms with Gasteiger partial charge in [-0.3, -0.25) is 9.89 Å². The third kappa shape index (κ3) is 5.96. The largest absolute Gasteiger partial charge is 0.368 e. The number of aliphatic imine (C=N–C) groups is 1. The zero-order valence-corrected chi connectivity index (χ0v) is 19.5. The first-order chi connectivity index (χ1) is 12.6. The number of halogens is 1. The van der Waals surface area contributed by atoms with E-state index in [2.05, 4.69) is 75.2 Å². The van der Waals surface area contributed by atoms with Crippen LogP contribution in [0.5, 0.6) is 0 Å². The van der Waals surface area contributed by atoms with E-state index in [0.717, 1.165) is 58.3 Å². The smallest absolute Gasteiger partial charge is 0.193 e. The Morgan fingerprint density at radius 1 is 1.11 bits per heavy atom. The molecule has 2 saturated heterocycles. The standard InChI is InChI=1S/C20H34N6.HI/c1-17-6-5-7-18(14-17)25-10-12-26(13-11-25)20(21-2)22-15-19-16-23(3)8-9-24(19)4;/h5-7,14,19H,8-13,15-16H2,1-4H3,(H,21,22);1H. The van der Waals surface area contributed by atoms with Crippen LogP contribution in [0, 0.1) is 6.92 Å². The molecule has 1 aromatic carbocycles. The summed E-state index contributed by atoms with van der Waals surface area (Å²) in [5.41, 5.74) is 2.66. The fourth-order valence-electron chi connectivity index (χ4n) is 3.86. The van der Waals surface area contributed by atoms with E-state index in [1.54, 1.807) is 0 Å². The number of guanidine groups is 1. The molecule has 0 aromatic heterocycles. The van der Waals surface area contributed by atoms with Gasteiger partial charge in [-0.15, -0.1) is 24.0 Å². The lowest BCUT2D eigenvalue weighted by atomic mass is 10.2. The van der Waals surface area contributed by atoms with Gasteiger partial charge in [-0.05, 0) is 38.7 Å². The van der Waals surface area contributed by atoms with Crippen molar-refractivity contribution in [2.45, 2.75) is 13.0 Å². The van der Waals surface area contributed by atoms with E-state index < -0.39 is 0 Å². The van der Waals surface area contributed by atoms with Crippen LogP contribution >= 0.6 is 24.0 Å². The van der Waals surface area contributed by atoms with E-state index in [1.165, 1.54) is 11.3 Å². The summed E-state index contributed by atoms with van der Waals surface area (Å²) in [5, 5.41) is 3.61. The molecule has 0 saturated carbocycles. The van der Waals surface area contributed by atoms with Crippen molar-refractivity contribution < 1.29 is 0 Å². The summed E-state index contributed by atoms with van der Waals surface area (Å²) in [6.07, 6.45) is 0. The number of likely N-dealkylation sites (N-methyl/N-ethyl adjacent to an activating group) is 2. The minimum Gasteiger partial charge on any atom is -0.368 e. The summed E-state index contributed by atoms with van der Waals surface area (Å²) in [6.45, 7) is 10.6. The van der Waals surface area contributed by atoms with Crippen molar-refractivity contribution in [3.05, 3.63) is 29.8 Å². The van der Waals surface area contributed by atoms with Gasteiger partial charge in [-0.25, -0.2) is 0 Å². The number of aryl methyl sites for hydroxylation is 1. The molecule has 7 heteroatoms. The molecular formula is C20H35IN6. The number of hydrogen-bond donors (Lipinski definition) is 1. The highest BCUT2D eigenvalue weighted by atomic mass is 127. The van der Waals surface area contributed by atoms with Gasteiger partial charge in [0.05, 0.1) is 0 Å². The number of piperazine rings is 2. The number of benzene rings is 1. The third-order valence-electron chi connectivity index (χ3n) is 5.63. The van der Waals surface area contributed by atoms with E-state index in [4.69, 9.17) is 0 Å². The summed E-state index contributed by atoms with van der Waals surface area (Å²) >= 11 is 0. The number of rotatable bonds is 3. The molecule has 0 bridgehead atoms. The first kappa shape index (κ1) is 22.2. The van der Waals surface area contributed by atoms with Gasteiger partial charge in [-0.1, -0.05) is 12.1 Å². The Hall–Kier alpha value is -1.06. The highest BCUT2D eigenvalue weighted by Gasteiger charge is 2.24. The number of nitrogens with zero attached hydrogens (tertiary/aromatic N) is 5. The van der Waals surface area contributed by atoms with Crippen molar-refractivity contribution in [2.75, 3.05) is 78.4 Å². The van der Waals surface area contributed by atoms with Crippen molar-refractivity contribution >= 4 is 35.6 Å². The topological polar surface area (TPSA) is 37.4 Å². The van der Waals surface area contributed by atoms with Gasteiger partial charge in [0.1, 0.15) is 0 Å². The first-order valence-corrected chi connectivity index (χ1v) is 9.73. The van der Waals surface area contributed by atoms with Gasteiger partial charge in [0.25, 0.3) is 0 Å². The summed E-state index contributed by atoms with van der Waals surface area (Å²) in [6, 6.07) is 9.34. The molecule has 2 aliphatic heterocycles. The van der Waals surface area contributed by atoms with Gasteiger partial charge in [0, 0.05) is 71.1 Å². The maximum atomic E-state index is 4.53. The molecule has 0 radical (unpaired) electrons. The molecule has 0 aliphatic carbocycles. The fraction of sp³-hybridized carbons (Fsp3) is 0.650. The summed E-state index contributed by atoms with van der Waals surface area (Å²) in [7, 11) is 6.33. The quantitative estimate of drug-likeness (QED) is 0.399. The van der Waals surface area contributed by atoms with Crippen LogP contribution in [0.3, 0.4) is 0 Å². The Kier molecular flexibility index (Phi) is 8.62. The molecule has 152 valence electrons. The number of hydrogen-bond acceptors (Lipinski definition) is 4. The molecule has 2 heterocycles. The maximum Gasteiger partial charge on any atom is 0.193 e. The Balaban J connectivity index is 0.00000261. The van der Waals surface area contributed by atoms with Crippen molar-refractivity contribution in [3.8, 4) is 0 Å². The second-order valence-electron chi connectivity index (χ2n) is 7.64. The number of nitrogens with one attached hydrogen (secondary N) is 1. The highest BCUT2D eigenvalue weighted by Crippen LogP contribution is 2.17. The lowest BCUT2D eigenvalue weighted by Crippen LogP contribution is -2.57. The molecule has 1 N–H and O–H groups in total. The van der Waals surface area contributed by atoms with Crippen molar-refractivity contribution in [1.82, 2.24) is 20.0 Å². The molecule has 2 fully saturated rings. The van der Waals surface area contributed by atoms with E-state index in [-0.39, 0.29) is 24.0 Å². The van der Waals surface area contributed by atoms with E-state index in [1.807, 2.05) is 7.05 Å². The van der Waals surface area contributed by atoms with Crippen LogP contribution in [0.4, 0.5) is 5.69 Å². The van der Waals surface area contributed by atoms with E-state index in [0.29, 0.717) is 6.04 Å². The minimum atomic E-state index is 0. The minimum absolute atomic E-state index is 0. The Morgan fingerprint density at radius 3 is 2.52 bits per heavy atom. The Morgan fingerprint density at radius 2 is 1.85 bits per heavy atom. The second-order valence-corrected chi connectivity index (χ2v) is 7.64. The monoisotopic (exact) mass is 486 g/mol. The third-order valence-corrected chi connectivity index (χ3v) is 5.63. The predicted octanol–water partition coefficient (Wildman–Crippen LogP) is 1.56. The SMILES string of the molecule is CN=C(NCC1CN(C)CCN1C)N1CCN(c2cccc(C)c2)CC1.I. The lowest BCUT2D eigenvalue weighted by Gasteiger charge is -2.40. The zero-order valence-electron chi connectivity index (χ0n) is 17.2. The van der Waals surface area contributed by atoms with E-state index >= 15 is 0 Å². The summed E-state index contributed by atoms with van der Waals surface area (Å²) in [4.78, 5) is 14.3. The maximum absolute atomic E-state index is 4.53. The molecule has 0 amide bonds. The Labute approximate surface area is 181 Å². The predicted molar refractivity (Wildman–Crippen MR) is 126 cm³/mol. The fourth-order valence-corrected chi connectivity index (χ4v) is 3.86. The summed E-state index contributed by atoms with van der Waals surface area (Å²) in [5.74, 6) is 1.04. The molecule has 1 aromatic rings. The van der Waals surface area contributed by atoms with Crippen LogP contribution in [0.1, 0.15) is 5.56 Å². The van der Waals surface area contributed by atoms with Gasteiger partial charge in [-0.2, -0.15) is 0 Å². The lowest BCUT2D eigenvalue weighted by molar-refractivity contribution is 0.116. The first-order valence-electron chi connectivity index (χ1n) is 9.73. The van der Waals surface area contributed by atoms with Gasteiger partial charge in [0.2, 0.25) is 0 Å². The van der Waals surface area contributed by atoms with Crippen LogP contribution in [0.15, 0.2) is 29.3 Å². The van der Waals surface area contributed by atoms with Crippen LogP contribution < -0.4 is 10.2 Å². The van der Waals surface area contributed by atoms with Gasteiger partial charge >= 0.3 is 0 Å². The normalized spacial score (nSPS) is 22.5. The zero-order chi connectivity index (χ0) is 18.5. The van der Waals surface area contributed by atoms with Crippen LogP contribution in [0.25, 0.3) is 0 Å². The Bertz CT molecular complexity index is 614. The molecule has 2 aliphatic rings. The second kappa shape index (κ2) is 10.5. The molecule has 6 nitrogen and oxygen atoms in total. The van der Waals surface area contributed by atoms with E-state index in [9.17, 15) is 0 Å². The van der Waals surface area contributed by atoms with Crippen LogP contribution in [-0.2, 0) is 0 Å². The number of anilines is 1. The van der Waals surface area contributed by atoms with Crippen molar-refractivity contribution in [3.63, 3.8) is 0 Å². The van der Waals surface area contributed by atoms with Crippen LogP contribution in [0.2, 0.25) is 0 Å². The van der Waals surface area contributed by atoms with Crippen molar-refractivity contribution in [1.29, 1.82) is 0 Å². The van der Waals surface area contributed by atoms with Gasteiger partial charge < -0.3 is 20.0 Å². The average Bonchev–Trinajstić information content (AvgIpc) is 2.65.